The lowest BCUT2D eigenvalue weighted by Crippen LogP contribution is -2.48. The average molecular weight is 378 g/mol. The second-order valence-electron chi connectivity index (χ2n) is 9.11. The molecule has 0 saturated heterocycles. The summed E-state index contributed by atoms with van der Waals surface area (Å²) in [6.45, 7) is 20.5. The van der Waals surface area contributed by atoms with Crippen LogP contribution in [0.4, 0.5) is 4.79 Å². The smallest absolute Gasteiger partial charge is 0.408 e. The maximum atomic E-state index is 12.4. The molecule has 2 atom stereocenters. The van der Waals surface area contributed by atoms with Gasteiger partial charge in [-0.05, 0) is 44.5 Å². The Kier molecular flexibility index (Phi) is 7.25. The third kappa shape index (κ3) is 6.61. The van der Waals surface area contributed by atoms with Gasteiger partial charge in [-0.15, -0.1) is 6.58 Å². The summed E-state index contributed by atoms with van der Waals surface area (Å²) in [5.74, 6) is 0. The molecule has 0 unspecified atom stereocenters. The summed E-state index contributed by atoms with van der Waals surface area (Å²) < 4.78 is 12.0. The van der Waals surface area contributed by atoms with Crippen LogP contribution in [0, 0.1) is 0 Å². The molecule has 26 heavy (non-hydrogen) atoms. The SMILES string of the molecule is C=C[C@H](O[Si](C)(C)C(C)(C)C)[C@@H](NC(=O)OC(C)(C)C)c1ccccc1. The molecule has 0 saturated carbocycles. The number of rotatable bonds is 6. The molecule has 4 nitrogen and oxygen atoms in total. The summed E-state index contributed by atoms with van der Waals surface area (Å²) in [5.41, 5.74) is 0.400. The first-order valence-electron chi connectivity index (χ1n) is 9.12. The van der Waals surface area contributed by atoms with Crippen LogP contribution in [0.1, 0.15) is 53.1 Å². The standard InChI is InChI=1S/C21H35NO3Si/c1-10-17(25-26(8,9)21(5,6)7)18(16-14-12-11-13-15-16)22-19(23)24-20(2,3)4/h10-15,17-18H,1H2,2-9H3,(H,22,23)/t17-,18-/m0/s1. The van der Waals surface area contributed by atoms with Crippen molar-refractivity contribution in [2.24, 2.45) is 0 Å². The summed E-state index contributed by atoms with van der Waals surface area (Å²) in [5, 5.41) is 3.04. The highest BCUT2D eigenvalue weighted by Crippen LogP contribution is 2.39. The fourth-order valence-corrected chi connectivity index (χ4v) is 3.49. The predicted molar refractivity (Wildman–Crippen MR) is 111 cm³/mol. The van der Waals surface area contributed by atoms with Gasteiger partial charge in [0.05, 0.1) is 12.1 Å². The Balaban J connectivity index is 3.14. The molecule has 146 valence electrons. The Morgan fingerprint density at radius 3 is 2.08 bits per heavy atom. The third-order valence-corrected chi connectivity index (χ3v) is 9.10. The molecule has 1 aromatic carbocycles. The first-order valence-corrected chi connectivity index (χ1v) is 12.0. The van der Waals surface area contributed by atoms with Gasteiger partial charge in [-0.1, -0.05) is 57.2 Å². The normalized spacial score (nSPS) is 15.1. The van der Waals surface area contributed by atoms with Crippen LogP contribution < -0.4 is 5.32 Å². The van der Waals surface area contributed by atoms with Crippen molar-refractivity contribution < 1.29 is 14.0 Å². The van der Waals surface area contributed by atoms with Crippen LogP contribution in [0.15, 0.2) is 43.0 Å². The maximum Gasteiger partial charge on any atom is 0.408 e. The molecule has 1 aromatic rings. The maximum absolute atomic E-state index is 12.4. The zero-order valence-electron chi connectivity index (χ0n) is 17.6. The van der Waals surface area contributed by atoms with Crippen LogP contribution in [0.3, 0.4) is 0 Å². The summed E-state index contributed by atoms with van der Waals surface area (Å²) in [6.07, 6.45) is 0.970. The first kappa shape index (κ1) is 22.4. The van der Waals surface area contributed by atoms with Crippen molar-refractivity contribution in [3.05, 3.63) is 48.6 Å². The molecular weight excluding hydrogens is 342 g/mol. The molecule has 0 aliphatic carbocycles. The van der Waals surface area contributed by atoms with Crippen molar-refractivity contribution in [2.45, 2.75) is 77.4 Å². The van der Waals surface area contributed by atoms with Gasteiger partial charge in [0.1, 0.15) is 5.60 Å². The van der Waals surface area contributed by atoms with E-state index in [1.54, 1.807) is 6.08 Å². The van der Waals surface area contributed by atoms with Crippen molar-refractivity contribution in [2.75, 3.05) is 0 Å². The lowest BCUT2D eigenvalue weighted by Gasteiger charge is -2.40. The molecular formula is C21H35NO3Si. The Bertz CT molecular complexity index is 600. The lowest BCUT2D eigenvalue weighted by atomic mass is 10.0. The fraction of sp³-hybridized carbons (Fsp3) is 0.571. The third-order valence-electron chi connectivity index (χ3n) is 4.63. The summed E-state index contributed by atoms with van der Waals surface area (Å²) in [7, 11) is -2.05. The molecule has 1 N–H and O–H groups in total. The Hall–Kier alpha value is -1.59. The molecule has 0 aliphatic rings. The number of amides is 1. The molecule has 1 amide bonds. The number of carbonyl (C=O) groups is 1. The molecule has 0 spiro atoms. The topological polar surface area (TPSA) is 47.6 Å². The Labute approximate surface area is 160 Å². The number of hydrogen-bond acceptors (Lipinski definition) is 3. The second kappa shape index (κ2) is 8.40. The first-order chi connectivity index (χ1) is 11.8. The molecule has 0 fully saturated rings. The van der Waals surface area contributed by atoms with E-state index in [0.717, 1.165) is 5.56 Å². The van der Waals surface area contributed by atoms with Crippen molar-refractivity contribution in [1.82, 2.24) is 5.32 Å². The number of benzene rings is 1. The molecule has 0 aromatic heterocycles. The summed E-state index contributed by atoms with van der Waals surface area (Å²) >= 11 is 0. The van der Waals surface area contributed by atoms with Gasteiger partial charge in [-0.25, -0.2) is 4.79 Å². The van der Waals surface area contributed by atoms with Gasteiger partial charge in [0.15, 0.2) is 8.32 Å². The fourth-order valence-electron chi connectivity index (χ4n) is 2.22. The van der Waals surface area contributed by atoms with Crippen LogP contribution in [-0.4, -0.2) is 26.1 Å². The molecule has 0 aliphatic heterocycles. The molecule has 0 radical (unpaired) electrons. The van der Waals surface area contributed by atoms with Gasteiger partial charge in [-0.3, -0.25) is 0 Å². The van der Waals surface area contributed by atoms with Gasteiger partial charge < -0.3 is 14.5 Å². The molecule has 1 rings (SSSR count). The number of carbonyl (C=O) groups excluding carboxylic acids is 1. The van der Waals surface area contributed by atoms with E-state index in [1.165, 1.54) is 0 Å². The van der Waals surface area contributed by atoms with Gasteiger partial charge in [0.2, 0.25) is 0 Å². The summed E-state index contributed by atoms with van der Waals surface area (Å²) in [6, 6.07) is 9.45. The Morgan fingerprint density at radius 2 is 1.65 bits per heavy atom. The predicted octanol–water partition coefficient (Wildman–Crippen LogP) is 5.83. The van der Waals surface area contributed by atoms with E-state index >= 15 is 0 Å². The largest absolute Gasteiger partial charge is 0.444 e. The van der Waals surface area contributed by atoms with Crippen LogP contribution in [0.2, 0.25) is 18.1 Å². The van der Waals surface area contributed by atoms with Gasteiger partial charge >= 0.3 is 6.09 Å². The van der Waals surface area contributed by atoms with E-state index in [-0.39, 0.29) is 17.2 Å². The second-order valence-corrected chi connectivity index (χ2v) is 13.9. The molecule has 5 heteroatoms. The van der Waals surface area contributed by atoms with Crippen molar-refractivity contribution in [3.8, 4) is 0 Å². The van der Waals surface area contributed by atoms with Crippen molar-refractivity contribution in [1.29, 1.82) is 0 Å². The number of ether oxygens (including phenoxy) is 1. The molecule has 0 heterocycles. The minimum absolute atomic E-state index is 0.0570. The highest BCUT2D eigenvalue weighted by Gasteiger charge is 2.40. The number of hydrogen-bond donors (Lipinski definition) is 1. The average Bonchev–Trinajstić information content (AvgIpc) is 2.48. The van der Waals surface area contributed by atoms with Crippen LogP contribution in [-0.2, 0) is 9.16 Å². The number of nitrogens with one attached hydrogen (secondary N) is 1. The number of alkyl carbamates (subject to hydrolysis) is 1. The minimum Gasteiger partial charge on any atom is -0.444 e. The van der Waals surface area contributed by atoms with E-state index in [1.807, 2.05) is 51.1 Å². The van der Waals surface area contributed by atoms with Crippen LogP contribution in [0.25, 0.3) is 0 Å². The van der Waals surface area contributed by atoms with Gasteiger partial charge in [-0.2, -0.15) is 0 Å². The zero-order chi connectivity index (χ0) is 20.2. The zero-order valence-corrected chi connectivity index (χ0v) is 18.6. The van der Waals surface area contributed by atoms with Crippen LogP contribution in [0.5, 0.6) is 0 Å². The lowest BCUT2D eigenvalue weighted by molar-refractivity contribution is 0.0459. The van der Waals surface area contributed by atoms with E-state index in [0.29, 0.717) is 0 Å². The minimum atomic E-state index is -2.05. The van der Waals surface area contributed by atoms with Gasteiger partial charge in [0, 0.05) is 0 Å². The monoisotopic (exact) mass is 377 g/mol. The van der Waals surface area contributed by atoms with E-state index in [2.05, 4.69) is 45.8 Å². The molecule has 0 bridgehead atoms. The highest BCUT2D eigenvalue weighted by atomic mass is 28.4. The summed E-state index contributed by atoms with van der Waals surface area (Å²) in [4.78, 5) is 12.4. The highest BCUT2D eigenvalue weighted by molar-refractivity contribution is 6.74. The van der Waals surface area contributed by atoms with Gasteiger partial charge in [0.25, 0.3) is 0 Å². The van der Waals surface area contributed by atoms with Crippen molar-refractivity contribution in [3.63, 3.8) is 0 Å². The van der Waals surface area contributed by atoms with E-state index in [9.17, 15) is 4.79 Å². The quantitative estimate of drug-likeness (QED) is 0.501. The van der Waals surface area contributed by atoms with E-state index < -0.39 is 20.0 Å². The van der Waals surface area contributed by atoms with Crippen molar-refractivity contribution >= 4 is 14.4 Å². The van der Waals surface area contributed by atoms with E-state index in [4.69, 9.17) is 9.16 Å². The van der Waals surface area contributed by atoms with Crippen LogP contribution >= 0.6 is 0 Å². The Morgan fingerprint density at radius 1 is 1.12 bits per heavy atom.